The normalized spacial score (nSPS) is 27.3. The van der Waals surface area contributed by atoms with Gasteiger partial charge >= 0.3 is 0 Å². The summed E-state index contributed by atoms with van der Waals surface area (Å²) in [6.45, 7) is 4.01. The van der Waals surface area contributed by atoms with E-state index in [-0.39, 0.29) is 17.4 Å². The molecule has 0 radical (unpaired) electrons. The van der Waals surface area contributed by atoms with Crippen LogP contribution in [-0.2, 0) is 17.6 Å². The molecule has 23 heavy (non-hydrogen) atoms. The maximum absolute atomic E-state index is 12.7. The third-order valence-electron chi connectivity index (χ3n) is 5.14. The second-order valence-electron chi connectivity index (χ2n) is 6.81. The molecule has 1 amide bonds. The Bertz CT molecular complexity index is 713. The maximum Gasteiger partial charge on any atom is 0.231 e. The molecule has 2 aromatic rings. The molecule has 4 rings (SSSR count). The lowest BCUT2D eigenvalue weighted by atomic mass is 9.74. The van der Waals surface area contributed by atoms with Gasteiger partial charge in [-0.25, -0.2) is 4.98 Å². The number of oxazole rings is 1. The molecule has 2 aliphatic heterocycles. The van der Waals surface area contributed by atoms with E-state index in [0.717, 1.165) is 43.1 Å². The van der Waals surface area contributed by atoms with E-state index < -0.39 is 0 Å². The zero-order chi connectivity index (χ0) is 15.9. The minimum absolute atomic E-state index is 0.101. The summed E-state index contributed by atoms with van der Waals surface area (Å²) in [6.07, 6.45) is 5.47. The number of piperidine rings is 1. The fourth-order valence-electron chi connectivity index (χ4n) is 4.01. The molecular formula is C18H21N3O2. The maximum atomic E-state index is 12.7. The fraction of sp³-hybridized carbons (Fsp3) is 0.444. The topological polar surface area (TPSA) is 58.4 Å². The van der Waals surface area contributed by atoms with Crippen LogP contribution in [0, 0.1) is 5.41 Å². The van der Waals surface area contributed by atoms with Gasteiger partial charge in [0.15, 0.2) is 5.89 Å². The summed E-state index contributed by atoms with van der Waals surface area (Å²) in [5.74, 6) is 0.942. The lowest BCUT2D eigenvalue weighted by Gasteiger charge is -2.46. The van der Waals surface area contributed by atoms with Gasteiger partial charge in [0.05, 0.1) is 12.6 Å². The van der Waals surface area contributed by atoms with Crippen molar-refractivity contribution in [2.24, 2.45) is 5.41 Å². The van der Waals surface area contributed by atoms with Gasteiger partial charge in [0, 0.05) is 30.1 Å². The van der Waals surface area contributed by atoms with Crippen LogP contribution in [0.3, 0.4) is 0 Å². The summed E-state index contributed by atoms with van der Waals surface area (Å²) >= 11 is 0. The van der Waals surface area contributed by atoms with Crippen molar-refractivity contribution < 1.29 is 9.21 Å². The molecule has 120 valence electrons. The smallest absolute Gasteiger partial charge is 0.231 e. The van der Waals surface area contributed by atoms with E-state index in [0.29, 0.717) is 6.42 Å². The highest BCUT2D eigenvalue weighted by Crippen LogP contribution is 2.40. The molecule has 5 nitrogen and oxygen atoms in total. The summed E-state index contributed by atoms with van der Waals surface area (Å²) in [5, 5.41) is 3.47. The molecule has 2 unspecified atom stereocenters. The lowest BCUT2D eigenvalue weighted by molar-refractivity contribution is -0.118. The van der Waals surface area contributed by atoms with E-state index in [1.807, 2.05) is 17.0 Å². The molecule has 1 N–H and O–H groups in total. The van der Waals surface area contributed by atoms with Crippen LogP contribution in [0.2, 0.25) is 0 Å². The van der Waals surface area contributed by atoms with E-state index in [1.54, 1.807) is 12.5 Å². The van der Waals surface area contributed by atoms with Crippen molar-refractivity contribution >= 4 is 11.6 Å². The summed E-state index contributed by atoms with van der Waals surface area (Å²) in [7, 11) is 0. The number of carbonyl (C=O) groups excluding carboxylic acids is 1. The van der Waals surface area contributed by atoms with Crippen LogP contribution < -0.4 is 10.2 Å². The summed E-state index contributed by atoms with van der Waals surface area (Å²) < 4.78 is 5.47. The molecule has 0 saturated carbocycles. The SMILES string of the molecule is CC1(Cc2ncco2)CNCCC1N1C(=O)Cc2ccccc21. The number of hydrogen-bond acceptors (Lipinski definition) is 4. The number of nitrogens with zero attached hydrogens (tertiary/aromatic N) is 2. The second-order valence-corrected chi connectivity index (χ2v) is 6.81. The molecule has 1 fully saturated rings. The van der Waals surface area contributed by atoms with Crippen molar-refractivity contribution in [2.75, 3.05) is 18.0 Å². The monoisotopic (exact) mass is 311 g/mol. The third kappa shape index (κ3) is 2.45. The first-order valence-corrected chi connectivity index (χ1v) is 8.16. The van der Waals surface area contributed by atoms with E-state index in [4.69, 9.17) is 4.42 Å². The largest absolute Gasteiger partial charge is 0.449 e. The molecule has 0 bridgehead atoms. The Balaban J connectivity index is 1.69. The van der Waals surface area contributed by atoms with Gasteiger partial charge in [0.2, 0.25) is 5.91 Å². The average molecular weight is 311 g/mol. The van der Waals surface area contributed by atoms with Crippen LogP contribution in [0.5, 0.6) is 0 Å². The van der Waals surface area contributed by atoms with Crippen LogP contribution in [0.25, 0.3) is 0 Å². The number of hydrogen-bond donors (Lipinski definition) is 1. The molecule has 0 aliphatic carbocycles. The number of para-hydroxylation sites is 1. The molecule has 2 aliphatic rings. The van der Waals surface area contributed by atoms with Crippen molar-refractivity contribution in [1.29, 1.82) is 0 Å². The van der Waals surface area contributed by atoms with Crippen LogP contribution in [-0.4, -0.2) is 30.0 Å². The number of carbonyl (C=O) groups is 1. The minimum Gasteiger partial charge on any atom is -0.449 e. The Morgan fingerprint density at radius 3 is 3.13 bits per heavy atom. The van der Waals surface area contributed by atoms with Crippen LogP contribution >= 0.6 is 0 Å². The number of fused-ring (bicyclic) bond motifs is 1. The van der Waals surface area contributed by atoms with Crippen LogP contribution in [0.1, 0.15) is 24.8 Å². The highest BCUT2D eigenvalue weighted by Gasteiger charge is 2.45. The number of nitrogens with one attached hydrogen (secondary N) is 1. The van der Waals surface area contributed by atoms with Crippen LogP contribution in [0.15, 0.2) is 41.1 Å². The Morgan fingerprint density at radius 1 is 1.43 bits per heavy atom. The van der Waals surface area contributed by atoms with Gasteiger partial charge in [-0.15, -0.1) is 0 Å². The first-order chi connectivity index (χ1) is 11.2. The van der Waals surface area contributed by atoms with Gasteiger partial charge < -0.3 is 14.6 Å². The van der Waals surface area contributed by atoms with Gasteiger partial charge in [0.1, 0.15) is 6.26 Å². The molecule has 2 atom stereocenters. The zero-order valence-corrected chi connectivity index (χ0v) is 13.3. The second kappa shape index (κ2) is 5.49. The third-order valence-corrected chi connectivity index (χ3v) is 5.14. The van der Waals surface area contributed by atoms with Crippen molar-refractivity contribution in [3.05, 3.63) is 48.2 Å². The van der Waals surface area contributed by atoms with E-state index in [2.05, 4.69) is 29.4 Å². The Morgan fingerprint density at radius 2 is 2.30 bits per heavy atom. The molecule has 0 spiro atoms. The molecular weight excluding hydrogens is 290 g/mol. The highest BCUT2D eigenvalue weighted by atomic mass is 16.3. The van der Waals surface area contributed by atoms with Crippen molar-refractivity contribution in [3.63, 3.8) is 0 Å². The van der Waals surface area contributed by atoms with Crippen molar-refractivity contribution in [1.82, 2.24) is 10.3 Å². The van der Waals surface area contributed by atoms with Gasteiger partial charge in [0.25, 0.3) is 0 Å². The van der Waals surface area contributed by atoms with Gasteiger partial charge in [-0.05, 0) is 24.6 Å². The number of aromatic nitrogens is 1. The molecule has 1 aromatic carbocycles. The standard InChI is InChI=1S/C18H21N3O2/c1-18(11-16-20-8-9-23-16)12-19-7-6-15(18)21-14-5-3-2-4-13(14)10-17(21)22/h2-5,8-9,15,19H,6-7,10-12H2,1H3. The molecule has 1 saturated heterocycles. The lowest BCUT2D eigenvalue weighted by Crippen LogP contribution is -2.57. The first-order valence-electron chi connectivity index (χ1n) is 8.16. The molecule has 1 aromatic heterocycles. The predicted octanol–water partition coefficient (Wildman–Crippen LogP) is 2.17. The van der Waals surface area contributed by atoms with Gasteiger partial charge in [-0.1, -0.05) is 25.1 Å². The first kappa shape index (κ1) is 14.5. The number of rotatable bonds is 3. The quantitative estimate of drug-likeness (QED) is 0.944. The molecule has 3 heterocycles. The van der Waals surface area contributed by atoms with Crippen molar-refractivity contribution in [3.8, 4) is 0 Å². The molecule has 5 heteroatoms. The Kier molecular flexibility index (Phi) is 3.45. The number of benzene rings is 1. The van der Waals surface area contributed by atoms with Crippen molar-refractivity contribution in [2.45, 2.75) is 32.2 Å². The number of amides is 1. The zero-order valence-electron chi connectivity index (χ0n) is 13.3. The highest BCUT2D eigenvalue weighted by molar-refractivity contribution is 6.02. The fourth-order valence-corrected chi connectivity index (χ4v) is 4.01. The summed E-state index contributed by atoms with van der Waals surface area (Å²) in [5.41, 5.74) is 2.11. The van der Waals surface area contributed by atoms with E-state index in [9.17, 15) is 4.79 Å². The summed E-state index contributed by atoms with van der Waals surface area (Å²) in [6, 6.07) is 8.29. The average Bonchev–Trinajstić information content (AvgIpc) is 3.14. The Labute approximate surface area is 135 Å². The predicted molar refractivity (Wildman–Crippen MR) is 87.2 cm³/mol. The van der Waals surface area contributed by atoms with E-state index >= 15 is 0 Å². The minimum atomic E-state index is -0.101. The Hall–Kier alpha value is -2.14. The van der Waals surface area contributed by atoms with Gasteiger partial charge in [-0.3, -0.25) is 4.79 Å². The van der Waals surface area contributed by atoms with Crippen LogP contribution in [0.4, 0.5) is 5.69 Å². The summed E-state index contributed by atoms with van der Waals surface area (Å²) in [4.78, 5) is 19.0. The van der Waals surface area contributed by atoms with E-state index in [1.165, 1.54) is 0 Å². The number of anilines is 1. The van der Waals surface area contributed by atoms with Gasteiger partial charge in [-0.2, -0.15) is 0 Å².